The molecule has 0 saturated heterocycles. The number of nitro benzene ring substituents is 1. The lowest BCUT2D eigenvalue weighted by Gasteiger charge is -1.95. The van der Waals surface area contributed by atoms with Gasteiger partial charge in [0.1, 0.15) is 0 Å². The van der Waals surface area contributed by atoms with Crippen LogP contribution in [0.25, 0.3) is 10.9 Å². The van der Waals surface area contributed by atoms with Gasteiger partial charge in [-0.25, -0.2) is 0 Å². The van der Waals surface area contributed by atoms with Gasteiger partial charge in [-0.2, -0.15) is 5.10 Å². The number of hydrogen-bond acceptors (Lipinski definition) is 3. The Hall–Kier alpha value is -2.06. The molecule has 0 aliphatic heterocycles. The molecule has 80 valence electrons. The first kappa shape index (κ1) is 10.5. The molecule has 0 bridgehead atoms. The number of nitrogens with one attached hydrogen (secondary N) is 1. The third-order valence-corrected chi connectivity index (χ3v) is 2.17. The summed E-state index contributed by atoms with van der Waals surface area (Å²) in [6.07, 6.45) is 1.42. The van der Waals surface area contributed by atoms with Gasteiger partial charge in [0, 0.05) is 11.6 Å². The Morgan fingerprint density at radius 2 is 2.38 bits per heavy atom. The monoisotopic (exact) mass is 235 g/mol. The fourth-order valence-corrected chi connectivity index (χ4v) is 1.46. The third kappa shape index (κ3) is 1.83. The summed E-state index contributed by atoms with van der Waals surface area (Å²) in [5.41, 5.74) is 1.13. The van der Waals surface area contributed by atoms with Gasteiger partial charge in [0.25, 0.3) is 5.69 Å². The molecule has 0 spiro atoms. The molecule has 16 heavy (non-hydrogen) atoms. The summed E-state index contributed by atoms with van der Waals surface area (Å²) in [6, 6.07) is 3.12. The van der Waals surface area contributed by atoms with Crippen LogP contribution in [0.2, 0.25) is 0 Å². The second kappa shape index (κ2) is 4.21. The molecule has 6 heteroatoms. The number of hydrogen-bond donors (Lipinski definition) is 1. The molecule has 2 rings (SSSR count). The van der Waals surface area contributed by atoms with Crippen molar-refractivity contribution in [2.45, 2.75) is 0 Å². The zero-order valence-electron chi connectivity index (χ0n) is 8.03. The first-order chi connectivity index (χ1) is 7.72. The number of aromatic amines is 1. The molecule has 0 amide bonds. The van der Waals surface area contributed by atoms with Gasteiger partial charge in [-0.15, -0.1) is 11.6 Å². The van der Waals surface area contributed by atoms with Crippen LogP contribution >= 0.6 is 11.6 Å². The molecule has 0 unspecified atom stereocenters. The van der Waals surface area contributed by atoms with Crippen LogP contribution < -0.4 is 0 Å². The zero-order valence-corrected chi connectivity index (χ0v) is 8.78. The van der Waals surface area contributed by atoms with Gasteiger partial charge in [-0.3, -0.25) is 15.2 Å². The van der Waals surface area contributed by atoms with E-state index in [0.717, 1.165) is 0 Å². The average Bonchev–Trinajstić information content (AvgIpc) is 2.72. The second-order valence-electron chi connectivity index (χ2n) is 3.02. The minimum absolute atomic E-state index is 0.00915. The number of benzene rings is 1. The molecule has 0 aliphatic rings. The van der Waals surface area contributed by atoms with Gasteiger partial charge in [0.2, 0.25) is 0 Å². The summed E-state index contributed by atoms with van der Waals surface area (Å²) < 4.78 is 0. The maximum absolute atomic E-state index is 10.8. The SMILES string of the molecule is O=[N+]([O-])c1cc(C#CCCl)cc2[nH]ncc12. The number of fused-ring (bicyclic) bond motifs is 1. The van der Waals surface area contributed by atoms with E-state index in [9.17, 15) is 10.1 Å². The molecule has 0 aliphatic carbocycles. The molecule has 0 radical (unpaired) electrons. The molecular formula is C10H6ClN3O2. The van der Waals surface area contributed by atoms with E-state index >= 15 is 0 Å². The number of nitro groups is 1. The average molecular weight is 236 g/mol. The van der Waals surface area contributed by atoms with Crippen molar-refractivity contribution in [1.29, 1.82) is 0 Å². The van der Waals surface area contributed by atoms with Crippen molar-refractivity contribution in [2.75, 3.05) is 5.88 Å². The lowest BCUT2D eigenvalue weighted by atomic mass is 10.1. The summed E-state index contributed by atoms with van der Waals surface area (Å²) in [5, 5.41) is 17.7. The van der Waals surface area contributed by atoms with Crippen molar-refractivity contribution in [3.8, 4) is 11.8 Å². The third-order valence-electron chi connectivity index (χ3n) is 2.03. The van der Waals surface area contributed by atoms with Crippen LogP contribution in [0.3, 0.4) is 0 Å². The lowest BCUT2D eigenvalue weighted by molar-refractivity contribution is -0.383. The predicted molar refractivity (Wildman–Crippen MR) is 60.3 cm³/mol. The van der Waals surface area contributed by atoms with E-state index in [1.165, 1.54) is 12.3 Å². The summed E-state index contributed by atoms with van der Waals surface area (Å²) >= 11 is 5.42. The molecular weight excluding hydrogens is 230 g/mol. The van der Waals surface area contributed by atoms with Crippen molar-refractivity contribution < 1.29 is 4.92 Å². The Morgan fingerprint density at radius 1 is 1.56 bits per heavy atom. The minimum Gasteiger partial charge on any atom is -0.278 e. The van der Waals surface area contributed by atoms with Crippen molar-refractivity contribution in [1.82, 2.24) is 10.2 Å². The van der Waals surface area contributed by atoms with Crippen LogP contribution in [0.15, 0.2) is 18.3 Å². The van der Waals surface area contributed by atoms with Gasteiger partial charge < -0.3 is 0 Å². The largest absolute Gasteiger partial charge is 0.281 e. The zero-order chi connectivity index (χ0) is 11.5. The quantitative estimate of drug-likeness (QED) is 0.356. The van der Waals surface area contributed by atoms with Gasteiger partial charge in [0.05, 0.1) is 27.9 Å². The normalized spacial score (nSPS) is 9.81. The standard InChI is InChI=1S/C10H6ClN3O2/c11-3-1-2-7-4-9-8(6-12-13-9)10(5-7)14(15)16/h4-6H,3H2,(H,12,13). The maximum Gasteiger partial charge on any atom is 0.281 e. The summed E-state index contributed by atoms with van der Waals surface area (Å²) in [7, 11) is 0. The first-order valence-electron chi connectivity index (χ1n) is 4.38. The number of non-ortho nitro benzene ring substituents is 1. The lowest BCUT2D eigenvalue weighted by Crippen LogP contribution is -1.90. The Morgan fingerprint density at radius 3 is 3.06 bits per heavy atom. The Kier molecular flexibility index (Phi) is 2.75. The van der Waals surface area contributed by atoms with Gasteiger partial charge >= 0.3 is 0 Å². The van der Waals surface area contributed by atoms with Crippen LogP contribution in [-0.4, -0.2) is 21.0 Å². The van der Waals surface area contributed by atoms with Crippen LogP contribution in [-0.2, 0) is 0 Å². The molecule has 1 heterocycles. The first-order valence-corrected chi connectivity index (χ1v) is 4.92. The predicted octanol–water partition coefficient (Wildman–Crippen LogP) is 2.06. The van der Waals surface area contributed by atoms with Crippen LogP contribution in [0.4, 0.5) is 5.69 Å². The fourth-order valence-electron chi connectivity index (χ4n) is 1.39. The minimum atomic E-state index is -0.455. The van der Waals surface area contributed by atoms with Crippen molar-refractivity contribution in [3.05, 3.63) is 34.0 Å². The van der Waals surface area contributed by atoms with Crippen LogP contribution in [0, 0.1) is 22.0 Å². The molecule has 1 aromatic heterocycles. The number of aromatic nitrogens is 2. The number of alkyl halides is 1. The number of halogens is 1. The van der Waals surface area contributed by atoms with E-state index in [1.807, 2.05) is 0 Å². The highest BCUT2D eigenvalue weighted by Gasteiger charge is 2.14. The molecule has 1 N–H and O–H groups in total. The number of nitrogens with zero attached hydrogens (tertiary/aromatic N) is 2. The molecule has 1 aromatic carbocycles. The van der Waals surface area contributed by atoms with Gasteiger partial charge in [-0.1, -0.05) is 11.8 Å². The van der Waals surface area contributed by atoms with E-state index < -0.39 is 4.92 Å². The van der Waals surface area contributed by atoms with Crippen LogP contribution in [0.5, 0.6) is 0 Å². The van der Waals surface area contributed by atoms with E-state index in [-0.39, 0.29) is 11.6 Å². The molecule has 5 nitrogen and oxygen atoms in total. The van der Waals surface area contributed by atoms with E-state index in [4.69, 9.17) is 11.6 Å². The Balaban J connectivity index is 2.66. The van der Waals surface area contributed by atoms with Crippen LogP contribution in [0.1, 0.15) is 5.56 Å². The molecule has 0 atom stereocenters. The van der Waals surface area contributed by atoms with Crippen molar-refractivity contribution >= 4 is 28.2 Å². The molecule has 2 aromatic rings. The summed E-state index contributed by atoms with van der Waals surface area (Å²) in [5.74, 6) is 5.57. The van der Waals surface area contributed by atoms with Crippen molar-refractivity contribution in [2.24, 2.45) is 0 Å². The van der Waals surface area contributed by atoms with E-state index in [0.29, 0.717) is 16.5 Å². The smallest absolute Gasteiger partial charge is 0.278 e. The van der Waals surface area contributed by atoms with E-state index in [1.54, 1.807) is 6.07 Å². The fraction of sp³-hybridized carbons (Fsp3) is 0.100. The molecule has 0 saturated carbocycles. The Labute approximate surface area is 95.6 Å². The highest BCUT2D eigenvalue weighted by molar-refractivity contribution is 6.19. The Bertz CT molecular complexity index is 609. The topological polar surface area (TPSA) is 71.8 Å². The summed E-state index contributed by atoms with van der Waals surface area (Å²) in [6.45, 7) is 0. The number of rotatable bonds is 1. The van der Waals surface area contributed by atoms with Gasteiger partial charge in [-0.05, 0) is 6.07 Å². The second-order valence-corrected chi connectivity index (χ2v) is 3.29. The number of H-pyrrole nitrogens is 1. The molecule has 0 fully saturated rings. The van der Waals surface area contributed by atoms with Gasteiger partial charge in [0.15, 0.2) is 0 Å². The highest BCUT2D eigenvalue weighted by atomic mass is 35.5. The maximum atomic E-state index is 10.8. The van der Waals surface area contributed by atoms with E-state index in [2.05, 4.69) is 22.0 Å². The highest BCUT2D eigenvalue weighted by Crippen LogP contribution is 2.25. The summed E-state index contributed by atoms with van der Waals surface area (Å²) in [4.78, 5) is 10.4. The van der Waals surface area contributed by atoms with Crippen molar-refractivity contribution in [3.63, 3.8) is 0 Å².